The third kappa shape index (κ3) is 3.70. The van der Waals surface area contributed by atoms with E-state index < -0.39 is 0 Å². The maximum absolute atomic E-state index is 13.1. The van der Waals surface area contributed by atoms with Crippen molar-refractivity contribution in [3.05, 3.63) is 89.6 Å². The summed E-state index contributed by atoms with van der Waals surface area (Å²) in [5, 5.41) is 3.33. The van der Waals surface area contributed by atoms with Crippen LogP contribution in [0.5, 0.6) is 0 Å². The summed E-state index contributed by atoms with van der Waals surface area (Å²) in [5.41, 5.74) is 4.19. The number of rotatable bonds is 5. The first-order chi connectivity index (χ1) is 13.2. The second-order valence-electron chi connectivity index (χ2n) is 6.95. The quantitative estimate of drug-likeness (QED) is 0.739. The highest BCUT2D eigenvalue weighted by Gasteiger charge is 2.31. The van der Waals surface area contributed by atoms with Crippen LogP contribution in [0.1, 0.15) is 28.4 Å². The van der Waals surface area contributed by atoms with Crippen molar-refractivity contribution in [2.24, 2.45) is 0 Å². The Hall–Kier alpha value is -3.14. The summed E-state index contributed by atoms with van der Waals surface area (Å²) in [7, 11) is 0. The van der Waals surface area contributed by atoms with Crippen molar-refractivity contribution in [3.63, 3.8) is 0 Å². The van der Waals surface area contributed by atoms with E-state index in [1.54, 1.807) is 12.3 Å². The second kappa shape index (κ2) is 7.62. The van der Waals surface area contributed by atoms with E-state index in [0.717, 1.165) is 30.9 Å². The number of nitrogens with one attached hydrogen (secondary N) is 1. The second-order valence-corrected chi connectivity index (χ2v) is 6.95. The number of carbonyl (C=O) groups is 1. The average Bonchev–Trinajstić information content (AvgIpc) is 3.04. The molecule has 2 aromatic carbocycles. The maximum Gasteiger partial charge on any atom is 0.258 e. The van der Waals surface area contributed by atoms with Crippen LogP contribution >= 0.6 is 0 Å². The van der Waals surface area contributed by atoms with Crippen LogP contribution in [0.25, 0.3) is 0 Å². The van der Waals surface area contributed by atoms with Crippen LogP contribution < -0.4 is 10.2 Å². The summed E-state index contributed by atoms with van der Waals surface area (Å²) in [6, 6.07) is 22.3. The molecule has 0 fully saturated rings. The number of hydrogen-bond acceptors (Lipinski definition) is 3. The highest BCUT2D eigenvalue weighted by Crippen LogP contribution is 2.33. The van der Waals surface area contributed by atoms with E-state index in [4.69, 9.17) is 0 Å². The zero-order valence-electron chi connectivity index (χ0n) is 15.4. The Balaban J connectivity index is 1.47. The lowest BCUT2D eigenvalue weighted by Crippen LogP contribution is -2.35. The minimum absolute atomic E-state index is 0.0287. The first-order valence-corrected chi connectivity index (χ1v) is 9.37. The van der Waals surface area contributed by atoms with Crippen LogP contribution in [0, 0.1) is 0 Å². The number of hydrogen-bond donors (Lipinski definition) is 1. The Bertz CT molecular complexity index is 939. The molecule has 2 heterocycles. The molecule has 136 valence electrons. The van der Waals surface area contributed by atoms with Gasteiger partial charge in [-0.05, 0) is 49.1 Å². The molecule has 0 aliphatic carbocycles. The number of aromatic nitrogens is 1. The number of amides is 1. The standard InChI is InChI=1S/C23H23N3O/c1-17-15-19-9-5-6-10-21(19)26(17)23(27)20-12-14-25-22(16-20)24-13-11-18-7-3-2-4-8-18/h2-10,12,14,16-17H,11,13,15H2,1H3,(H,24,25). The Morgan fingerprint density at radius 1 is 1.11 bits per heavy atom. The van der Waals surface area contributed by atoms with Gasteiger partial charge in [0.1, 0.15) is 5.82 Å². The normalized spacial score (nSPS) is 15.4. The molecule has 4 heteroatoms. The van der Waals surface area contributed by atoms with Gasteiger partial charge in [-0.25, -0.2) is 4.98 Å². The minimum atomic E-state index is 0.0287. The van der Waals surface area contributed by atoms with Gasteiger partial charge in [0.15, 0.2) is 0 Å². The predicted octanol–water partition coefficient (Wildman–Crippen LogP) is 4.33. The van der Waals surface area contributed by atoms with Gasteiger partial charge in [-0.15, -0.1) is 0 Å². The van der Waals surface area contributed by atoms with Crippen molar-refractivity contribution >= 4 is 17.4 Å². The van der Waals surface area contributed by atoms with Gasteiger partial charge in [-0.1, -0.05) is 48.5 Å². The fourth-order valence-electron chi connectivity index (χ4n) is 3.65. The molecule has 1 aromatic heterocycles. The molecule has 1 aliphatic heterocycles. The minimum Gasteiger partial charge on any atom is -0.370 e. The molecule has 1 unspecified atom stereocenters. The third-order valence-corrected chi connectivity index (χ3v) is 5.00. The summed E-state index contributed by atoms with van der Waals surface area (Å²) in [6.45, 7) is 2.87. The lowest BCUT2D eigenvalue weighted by molar-refractivity contribution is 0.0981. The molecule has 1 N–H and O–H groups in total. The van der Waals surface area contributed by atoms with Gasteiger partial charge in [0, 0.05) is 30.0 Å². The van der Waals surface area contributed by atoms with Gasteiger partial charge in [0.25, 0.3) is 5.91 Å². The third-order valence-electron chi connectivity index (χ3n) is 5.00. The molecule has 0 saturated heterocycles. The lowest BCUT2D eigenvalue weighted by Gasteiger charge is -2.23. The van der Waals surface area contributed by atoms with E-state index in [1.807, 2.05) is 47.4 Å². The molecule has 0 bridgehead atoms. The van der Waals surface area contributed by atoms with E-state index in [9.17, 15) is 4.79 Å². The van der Waals surface area contributed by atoms with Crippen LogP contribution in [-0.4, -0.2) is 23.5 Å². The Morgan fingerprint density at radius 3 is 2.74 bits per heavy atom. The summed E-state index contributed by atoms with van der Waals surface area (Å²) < 4.78 is 0. The molecule has 4 rings (SSSR count). The van der Waals surface area contributed by atoms with Crippen molar-refractivity contribution in [1.82, 2.24) is 4.98 Å². The van der Waals surface area contributed by atoms with Crippen LogP contribution in [0.4, 0.5) is 11.5 Å². The molecule has 1 amide bonds. The number of anilines is 2. The van der Waals surface area contributed by atoms with Crippen molar-refractivity contribution in [1.29, 1.82) is 0 Å². The smallest absolute Gasteiger partial charge is 0.258 e. The fourth-order valence-corrected chi connectivity index (χ4v) is 3.65. The zero-order chi connectivity index (χ0) is 18.6. The summed E-state index contributed by atoms with van der Waals surface area (Å²) >= 11 is 0. The number of fused-ring (bicyclic) bond motifs is 1. The first kappa shape index (κ1) is 17.3. The molecular weight excluding hydrogens is 334 g/mol. The largest absolute Gasteiger partial charge is 0.370 e. The molecule has 4 nitrogen and oxygen atoms in total. The lowest BCUT2D eigenvalue weighted by atomic mass is 10.1. The molecule has 0 saturated carbocycles. The number of carbonyl (C=O) groups excluding carboxylic acids is 1. The number of pyridine rings is 1. The Kier molecular flexibility index (Phi) is 4.88. The van der Waals surface area contributed by atoms with Crippen LogP contribution in [-0.2, 0) is 12.8 Å². The summed E-state index contributed by atoms with van der Waals surface area (Å²) in [4.78, 5) is 19.4. The first-order valence-electron chi connectivity index (χ1n) is 9.37. The predicted molar refractivity (Wildman–Crippen MR) is 109 cm³/mol. The Morgan fingerprint density at radius 2 is 1.89 bits per heavy atom. The van der Waals surface area contributed by atoms with E-state index in [1.165, 1.54) is 11.1 Å². The fraction of sp³-hybridized carbons (Fsp3) is 0.217. The molecule has 3 aromatic rings. The topological polar surface area (TPSA) is 45.2 Å². The Labute approximate surface area is 159 Å². The van der Waals surface area contributed by atoms with Gasteiger partial charge < -0.3 is 10.2 Å². The van der Waals surface area contributed by atoms with Crippen LogP contribution in [0.2, 0.25) is 0 Å². The van der Waals surface area contributed by atoms with Crippen LogP contribution in [0.3, 0.4) is 0 Å². The number of para-hydroxylation sites is 1. The van der Waals surface area contributed by atoms with Crippen molar-refractivity contribution in [3.8, 4) is 0 Å². The van der Waals surface area contributed by atoms with E-state index in [-0.39, 0.29) is 11.9 Å². The molecule has 27 heavy (non-hydrogen) atoms. The van der Waals surface area contributed by atoms with Gasteiger partial charge in [-0.3, -0.25) is 4.79 Å². The number of benzene rings is 2. The van der Waals surface area contributed by atoms with Crippen molar-refractivity contribution in [2.45, 2.75) is 25.8 Å². The summed E-state index contributed by atoms with van der Waals surface area (Å²) in [5.74, 6) is 0.762. The molecule has 1 aliphatic rings. The molecule has 0 radical (unpaired) electrons. The molecular formula is C23H23N3O. The highest BCUT2D eigenvalue weighted by atomic mass is 16.2. The van der Waals surface area contributed by atoms with Crippen molar-refractivity contribution < 1.29 is 4.79 Å². The zero-order valence-corrected chi connectivity index (χ0v) is 15.4. The average molecular weight is 357 g/mol. The highest BCUT2D eigenvalue weighted by molar-refractivity contribution is 6.08. The molecule has 1 atom stereocenters. The van der Waals surface area contributed by atoms with E-state index in [2.05, 4.69) is 35.4 Å². The van der Waals surface area contributed by atoms with Gasteiger partial charge in [-0.2, -0.15) is 0 Å². The summed E-state index contributed by atoms with van der Waals surface area (Å²) in [6.07, 6.45) is 3.51. The van der Waals surface area contributed by atoms with Crippen LogP contribution in [0.15, 0.2) is 72.9 Å². The van der Waals surface area contributed by atoms with Gasteiger partial charge in [0.05, 0.1) is 0 Å². The van der Waals surface area contributed by atoms with E-state index in [0.29, 0.717) is 5.56 Å². The van der Waals surface area contributed by atoms with E-state index >= 15 is 0 Å². The monoisotopic (exact) mass is 357 g/mol. The molecule has 0 spiro atoms. The SMILES string of the molecule is CC1Cc2ccccc2N1C(=O)c1ccnc(NCCc2ccccc2)c1. The van der Waals surface area contributed by atoms with Gasteiger partial charge in [0.2, 0.25) is 0 Å². The maximum atomic E-state index is 13.1. The number of nitrogens with zero attached hydrogens (tertiary/aromatic N) is 2. The van der Waals surface area contributed by atoms with Gasteiger partial charge >= 0.3 is 0 Å². The van der Waals surface area contributed by atoms with Crippen molar-refractivity contribution in [2.75, 3.05) is 16.8 Å².